The standard InChI is InChI=1S/C45H42F3N4O17PS2/c1-25(53)65-35-11-8-29(17-39(35)67-27(3)55)43(57)50-13-5-15-63-37-19-32-20-42(72(61,62)52-24-70(59,60)69-33-10-7-31(23-49)34(21-33)45(46,47)48)71-41(32)22-38(37)64-16-6-14-51-44(58)30-9-12-36(66-26(2)54)40(18-30)68-28(4)56/h7-12,17-22,52H,5-6,13-16,24H2,1-4H3,(H,50,57)(H,51,58)(H,59,60). The lowest BCUT2D eigenvalue weighted by molar-refractivity contribution is -0.138. The van der Waals surface area contributed by atoms with Crippen molar-refractivity contribution in [3.8, 4) is 46.3 Å². The second-order valence-corrected chi connectivity index (χ2v) is 19.7. The highest BCUT2D eigenvalue weighted by molar-refractivity contribution is 7.92. The zero-order valence-electron chi connectivity index (χ0n) is 38.2. The fourth-order valence-corrected chi connectivity index (χ4v) is 10.0. The lowest BCUT2D eigenvalue weighted by atomic mass is 10.1. The first-order valence-corrected chi connectivity index (χ1v) is 24.9. The van der Waals surface area contributed by atoms with Crippen molar-refractivity contribution < 1.29 is 92.8 Å². The highest BCUT2D eigenvalue weighted by atomic mass is 32.2. The Morgan fingerprint density at radius 3 is 1.64 bits per heavy atom. The highest BCUT2D eigenvalue weighted by Gasteiger charge is 2.35. The molecule has 4 aromatic carbocycles. The number of hydrogen-bond acceptors (Lipinski definition) is 18. The summed E-state index contributed by atoms with van der Waals surface area (Å²) < 4.78 is 119. The monoisotopic (exact) mass is 1060 g/mol. The summed E-state index contributed by atoms with van der Waals surface area (Å²) in [7, 11) is -9.57. The van der Waals surface area contributed by atoms with Crippen LogP contribution in [0.3, 0.4) is 0 Å². The molecule has 1 atom stereocenters. The number of rotatable bonds is 22. The van der Waals surface area contributed by atoms with Gasteiger partial charge in [-0.2, -0.15) is 23.2 Å². The number of carbonyl (C=O) groups is 6. The van der Waals surface area contributed by atoms with Crippen LogP contribution in [0.1, 0.15) is 72.4 Å². The Kier molecular flexibility index (Phi) is 18.5. The van der Waals surface area contributed by atoms with Crippen LogP contribution in [0.25, 0.3) is 10.1 Å². The topological polar surface area (TPSA) is 298 Å². The van der Waals surface area contributed by atoms with Crippen LogP contribution in [0.2, 0.25) is 0 Å². The number of alkyl halides is 3. The number of hydrogen-bond donors (Lipinski definition) is 4. The molecule has 5 rings (SSSR count). The number of sulfonamides is 1. The number of carbonyl (C=O) groups excluding carboxylic acids is 6. The molecule has 0 fully saturated rings. The van der Waals surface area contributed by atoms with E-state index in [4.69, 9.17) is 38.2 Å². The van der Waals surface area contributed by atoms with Gasteiger partial charge in [0.2, 0.25) is 0 Å². The summed E-state index contributed by atoms with van der Waals surface area (Å²) in [5, 5.41) is 14.7. The van der Waals surface area contributed by atoms with Gasteiger partial charge in [0.1, 0.15) is 16.2 Å². The molecule has 0 aliphatic heterocycles. The molecule has 72 heavy (non-hydrogen) atoms. The quantitative estimate of drug-likeness (QED) is 0.0252. The van der Waals surface area contributed by atoms with Crippen LogP contribution in [0.15, 0.2) is 77.0 Å². The summed E-state index contributed by atoms with van der Waals surface area (Å²) in [6.45, 7) is 4.57. The molecule has 382 valence electrons. The van der Waals surface area contributed by atoms with E-state index in [1.54, 1.807) is 0 Å². The summed E-state index contributed by atoms with van der Waals surface area (Å²) in [5.74, 6) is -4.96. The minimum atomic E-state index is -5.01. The number of thiophene rings is 1. The molecule has 0 saturated heterocycles. The van der Waals surface area contributed by atoms with Gasteiger partial charge in [-0.15, -0.1) is 11.3 Å². The lowest BCUT2D eigenvalue weighted by Gasteiger charge is -2.16. The number of halogens is 3. The van der Waals surface area contributed by atoms with E-state index in [1.165, 1.54) is 60.7 Å². The van der Waals surface area contributed by atoms with E-state index in [0.717, 1.165) is 39.8 Å². The van der Waals surface area contributed by atoms with Gasteiger partial charge < -0.3 is 48.5 Å². The fourth-order valence-electron chi connectivity index (χ4n) is 6.09. The van der Waals surface area contributed by atoms with E-state index in [0.29, 0.717) is 27.5 Å². The van der Waals surface area contributed by atoms with Crippen molar-refractivity contribution in [1.29, 1.82) is 5.26 Å². The van der Waals surface area contributed by atoms with E-state index in [9.17, 15) is 59.8 Å². The summed E-state index contributed by atoms with van der Waals surface area (Å²) in [6.07, 6.45) is -5.86. The average Bonchev–Trinajstić information content (AvgIpc) is 3.72. The van der Waals surface area contributed by atoms with Crippen molar-refractivity contribution in [3.63, 3.8) is 0 Å². The van der Waals surface area contributed by atoms with Gasteiger partial charge in [0, 0.05) is 62.7 Å². The van der Waals surface area contributed by atoms with E-state index in [-0.39, 0.29) is 89.0 Å². The molecule has 4 N–H and O–H groups in total. The molecular formula is C45H42F3N4O17PS2. The average molecular weight is 1060 g/mol. The lowest BCUT2D eigenvalue weighted by Crippen LogP contribution is -2.26. The van der Waals surface area contributed by atoms with Crippen molar-refractivity contribution in [2.24, 2.45) is 0 Å². The molecule has 1 heterocycles. The predicted molar refractivity (Wildman–Crippen MR) is 247 cm³/mol. The molecule has 0 saturated carbocycles. The molecular weight excluding hydrogens is 1020 g/mol. The van der Waals surface area contributed by atoms with Crippen molar-refractivity contribution >= 4 is 74.7 Å². The second kappa shape index (κ2) is 24.0. The first-order valence-electron chi connectivity index (χ1n) is 20.9. The number of nitriles is 1. The first-order chi connectivity index (χ1) is 33.8. The van der Waals surface area contributed by atoms with Crippen LogP contribution in [-0.4, -0.2) is 81.6 Å². The van der Waals surface area contributed by atoms with Crippen LogP contribution < -0.4 is 48.3 Å². The number of nitrogens with one attached hydrogen (secondary N) is 3. The van der Waals surface area contributed by atoms with Gasteiger partial charge in [-0.1, -0.05) is 0 Å². The maximum absolute atomic E-state index is 13.5. The predicted octanol–water partition coefficient (Wildman–Crippen LogP) is 6.39. The van der Waals surface area contributed by atoms with Gasteiger partial charge in [-0.3, -0.25) is 28.8 Å². The number of fused-ring (bicyclic) bond motifs is 1. The molecule has 2 amide bonds. The maximum Gasteiger partial charge on any atom is 0.417 e. The Morgan fingerprint density at radius 1 is 0.681 bits per heavy atom. The number of ether oxygens (including phenoxy) is 6. The van der Waals surface area contributed by atoms with Crippen LogP contribution >= 0.6 is 18.9 Å². The van der Waals surface area contributed by atoms with E-state index in [2.05, 4.69) is 10.6 Å². The summed E-state index contributed by atoms with van der Waals surface area (Å²) >= 11 is 0.716. The Labute approximate surface area is 411 Å². The third-order valence-corrected chi connectivity index (χ3v) is 13.3. The number of nitrogens with zero attached hydrogens (tertiary/aromatic N) is 1. The van der Waals surface area contributed by atoms with E-state index >= 15 is 0 Å². The summed E-state index contributed by atoms with van der Waals surface area (Å²) in [5.41, 5.74) is -2.07. The first kappa shape index (κ1) is 55.4. The second-order valence-electron chi connectivity index (χ2n) is 14.9. The number of benzene rings is 4. The minimum Gasteiger partial charge on any atom is -0.490 e. The Bertz CT molecular complexity index is 2980. The Hall–Kier alpha value is -7.56. The van der Waals surface area contributed by atoms with Crippen molar-refractivity contribution in [1.82, 2.24) is 15.4 Å². The summed E-state index contributed by atoms with van der Waals surface area (Å²) in [6, 6.07) is 15.1. The molecule has 0 aliphatic carbocycles. The number of amides is 2. The molecule has 1 aromatic heterocycles. The molecule has 27 heteroatoms. The Balaban J connectivity index is 1.28. The molecule has 0 radical (unpaired) electrons. The van der Waals surface area contributed by atoms with Crippen molar-refractivity contribution in [2.45, 2.75) is 50.9 Å². The van der Waals surface area contributed by atoms with Gasteiger partial charge in [-0.25, -0.2) is 13.0 Å². The van der Waals surface area contributed by atoms with Crippen molar-refractivity contribution in [3.05, 3.63) is 95.1 Å². The third-order valence-electron chi connectivity index (χ3n) is 9.10. The molecule has 0 spiro atoms. The fraction of sp³-hybridized carbons (Fsp3) is 0.267. The largest absolute Gasteiger partial charge is 0.490 e. The molecule has 5 aromatic rings. The summed E-state index contributed by atoms with van der Waals surface area (Å²) in [4.78, 5) is 82.5. The van der Waals surface area contributed by atoms with E-state index < -0.39 is 82.6 Å². The van der Waals surface area contributed by atoms with Crippen LogP contribution in [-0.2, 0) is 39.9 Å². The van der Waals surface area contributed by atoms with Crippen LogP contribution in [0, 0.1) is 11.3 Å². The van der Waals surface area contributed by atoms with Gasteiger partial charge >= 0.3 is 37.6 Å². The smallest absolute Gasteiger partial charge is 0.417 e. The van der Waals surface area contributed by atoms with Gasteiger partial charge in [-0.05, 0) is 85.0 Å². The SMILES string of the molecule is CC(=O)Oc1ccc(C(=O)NCCCOc2cc3cc(S(=O)(=O)NCP(=O)(O)Oc4ccc(C#N)c(C(F)(F)F)c4)sc3cc2OCCCNC(=O)c2ccc(OC(C)=O)c(OC(C)=O)c2)cc1OC(C)=O. The van der Waals surface area contributed by atoms with Gasteiger partial charge in [0.25, 0.3) is 21.8 Å². The minimum absolute atomic E-state index is 0.0402. The van der Waals surface area contributed by atoms with Gasteiger partial charge in [0.15, 0.2) is 34.5 Å². The zero-order chi connectivity index (χ0) is 53.0. The Morgan fingerprint density at radius 2 is 1.17 bits per heavy atom. The highest BCUT2D eigenvalue weighted by Crippen LogP contribution is 2.45. The molecule has 0 bridgehead atoms. The third kappa shape index (κ3) is 16.0. The van der Waals surface area contributed by atoms with Crippen molar-refractivity contribution in [2.75, 3.05) is 32.6 Å². The normalized spacial score (nSPS) is 12.1. The van der Waals surface area contributed by atoms with Gasteiger partial charge in [0.05, 0.1) is 30.4 Å². The molecule has 1 unspecified atom stereocenters. The number of esters is 4. The molecule has 0 aliphatic rings. The maximum atomic E-state index is 13.5. The zero-order valence-corrected chi connectivity index (χ0v) is 40.7. The van der Waals surface area contributed by atoms with E-state index in [1.807, 2.05) is 4.72 Å². The van der Waals surface area contributed by atoms with Crippen LogP contribution in [0.5, 0.6) is 40.2 Å². The van der Waals surface area contributed by atoms with Crippen LogP contribution in [0.4, 0.5) is 13.2 Å². The molecule has 21 nitrogen and oxygen atoms in total.